The van der Waals surface area contributed by atoms with Gasteiger partial charge in [0.05, 0.1) is 6.10 Å². The second-order valence-electron chi connectivity index (χ2n) is 9.89. The van der Waals surface area contributed by atoms with E-state index in [1.54, 1.807) is 24.5 Å². The van der Waals surface area contributed by atoms with Crippen molar-refractivity contribution in [3.63, 3.8) is 0 Å². The predicted octanol–water partition coefficient (Wildman–Crippen LogP) is 3.51. The van der Waals surface area contributed by atoms with Gasteiger partial charge in [-0.1, -0.05) is 20.8 Å². The number of carbonyl (C=O) groups is 2. The average Bonchev–Trinajstić information content (AvgIpc) is 2.76. The SMILES string of the molecule is CCN(CC)C(=O)[C@@H](C)[C@H]1CC[C@]2(C)CC[C@H](NC(=O)c3ccncc3)[C@@H](C)[C@@H]2[C@H]1O. The van der Waals surface area contributed by atoms with Crippen molar-refractivity contribution in [3.05, 3.63) is 30.1 Å². The number of nitrogens with zero attached hydrogens (tertiary/aromatic N) is 2. The maximum atomic E-state index is 13.0. The molecule has 0 bridgehead atoms. The number of aromatic nitrogens is 1. The number of hydrogen-bond donors (Lipinski definition) is 2. The molecular formula is C25H39N3O3. The van der Waals surface area contributed by atoms with Crippen molar-refractivity contribution in [1.29, 1.82) is 0 Å². The Morgan fingerprint density at radius 1 is 1.23 bits per heavy atom. The fourth-order valence-corrected chi connectivity index (χ4v) is 6.26. The lowest BCUT2D eigenvalue weighted by Gasteiger charge is -2.56. The molecule has 0 radical (unpaired) electrons. The topological polar surface area (TPSA) is 82.5 Å². The lowest BCUT2D eigenvalue weighted by molar-refractivity contribution is -0.149. The van der Waals surface area contributed by atoms with Gasteiger partial charge >= 0.3 is 0 Å². The van der Waals surface area contributed by atoms with Crippen LogP contribution >= 0.6 is 0 Å². The second kappa shape index (κ2) is 9.68. The summed E-state index contributed by atoms with van der Waals surface area (Å²) in [5.41, 5.74) is 0.654. The van der Waals surface area contributed by atoms with Crippen LogP contribution < -0.4 is 5.32 Å². The van der Waals surface area contributed by atoms with Gasteiger partial charge < -0.3 is 15.3 Å². The lowest BCUT2D eigenvalue weighted by atomic mass is 9.51. The van der Waals surface area contributed by atoms with Crippen LogP contribution in [0.1, 0.15) is 70.7 Å². The van der Waals surface area contributed by atoms with Crippen LogP contribution in [0.4, 0.5) is 0 Å². The van der Waals surface area contributed by atoms with E-state index in [1.807, 2.05) is 25.7 Å². The van der Waals surface area contributed by atoms with Crippen LogP contribution in [-0.2, 0) is 4.79 Å². The minimum Gasteiger partial charge on any atom is -0.392 e. The van der Waals surface area contributed by atoms with Gasteiger partial charge in [-0.05, 0) is 74.8 Å². The molecule has 1 heterocycles. The standard InChI is InChI=1S/C25H39N3O3/c1-6-28(7-2)24(31)16(3)19-8-12-25(5)13-9-20(17(4)21(25)22(19)29)27-23(30)18-10-14-26-15-11-18/h10-11,14-17,19-22,29H,6-9,12-13H2,1-5H3,(H,27,30)/t16-,17+,19+,20-,21+,22-,25+/m0/s1. The maximum absolute atomic E-state index is 13.0. The summed E-state index contributed by atoms with van der Waals surface area (Å²) in [7, 11) is 0. The zero-order valence-electron chi connectivity index (χ0n) is 19.7. The van der Waals surface area contributed by atoms with Gasteiger partial charge in [0.15, 0.2) is 0 Å². The van der Waals surface area contributed by atoms with Gasteiger partial charge in [0.25, 0.3) is 5.91 Å². The lowest BCUT2D eigenvalue weighted by Crippen LogP contribution is -2.58. The quantitative estimate of drug-likeness (QED) is 0.725. The highest BCUT2D eigenvalue weighted by molar-refractivity contribution is 5.94. The average molecular weight is 430 g/mol. The van der Waals surface area contributed by atoms with Gasteiger partial charge in [0, 0.05) is 43.0 Å². The Morgan fingerprint density at radius 2 is 1.84 bits per heavy atom. The van der Waals surface area contributed by atoms with E-state index in [0.717, 1.165) is 25.7 Å². The Morgan fingerprint density at radius 3 is 2.45 bits per heavy atom. The highest BCUT2D eigenvalue weighted by atomic mass is 16.3. The van der Waals surface area contributed by atoms with Gasteiger partial charge in [0.1, 0.15) is 0 Å². The Bertz CT molecular complexity index is 767. The Kier molecular flexibility index (Phi) is 7.40. The monoisotopic (exact) mass is 429 g/mol. The maximum Gasteiger partial charge on any atom is 0.251 e. The highest BCUT2D eigenvalue weighted by Crippen LogP contribution is 2.55. The molecule has 2 saturated carbocycles. The van der Waals surface area contributed by atoms with Crippen molar-refractivity contribution in [3.8, 4) is 0 Å². The number of fused-ring (bicyclic) bond motifs is 1. The smallest absolute Gasteiger partial charge is 0.251 e. The van der Waals surface area contributed by atoms with Crippen LogP contribution in [0.25, 0.3) is 0 Å². The second-order valence-corrected chi connectivity index (χ2v) is 9.89. The van der Waals surface area contributed by atoms with Crippen molar-refractivity contribution in [1.82, 2.24) is 15.2 Å². The minimum atomic E-state index is -0.538. The van der Waals surface area contributed by atoms with E-state index in [0.29, 0.717) is 18.7 Å². The molecular weight excluding hydrogens is 390 g/mol. The number of hydrogen-bond acceptors (Lipinski definition) is 4. The predicted molar refractivity (Wildman–Crippen MR) is 121 cm³/mol. The molecule has 0 aliphatic heterocycles. The molecule has 2 N–H and O–H groups in total. The third-order valence-corrected chi connectivity index (χ3v) is 8.25. The van der Waals surface area contributed by atoms with E-state index in [2.05, 4.69) is 24.1 Å². The van der Waals surface area contributed by atoms with Crippen LogP contribution in [0.2, 0.25) is 0 Å². The third kappa shape index (κ3) is 4.64. The summed E-state index contributed by atoms with van der Waals surface area (Å²) in [4.78, 5) is 31.6. The van der Waals surface area contributed by atoms with Crippen molar-refractivity contribution < 1.29 is 14.7 Å². The molecule has 2 aliphatic rings. The normalized spacial score (nSPS) is 33.8. The molecule has 3 rings (SSSR count). The van der Waals surface area contributed by atoms with Crippen molar-refractivity contribution in [2.75, 3.05) is 13.1 Å². The summed E-state index contributed by atoms with van der Waals surface area (Å²) < 4.78 is 0. The number of nitrogens with one attached hydrogen (secondary N) is 1. The molecule has 6 nitrogen and oxygen atoms in total. The molecule has 6 heteroatoms. The first-order chi connectivity index (χ1) is 14.7. The molecule has 0 unspecified atom stereocenters. The zero-order chi connectivity index (χ0) is 22.8. The van der Waals surface area contributed by atoms with E-state index in [9.17, 15) is 14.7 Å². The summed E-state index contributed by atoms with van der Waals surface area (Å²) in [5.74, 6) is 0.0212. The van der Waals surface area contributed by atoms with Crippen molar-refractivity contribution >= 4 is 11.8 Å². The molecule has 1 aromatic heterocycles. The van der Waals surface area contributed by atoms with Crippen LogP contribution in [0.5, 0.6) is 0 Å². The zero-order valence-corrected chi connectivity index (χ0v) is 19.7. The van der Waals surface area contributed by atoms with E-state index >= 15 is 0 Å². The molecule has 2 amide bonds. The Hall–Kier alpha value is -1.95. The molecule has 31 heavy (non-hydrogen) atoms. The Labute approximate surface area is 186 Å². The summed E-state index contributed by atoms with van der Waals surface area (Å²) in [5, 5.41) is 14.7. The molecule has 2 aliphatic carbocycles. The Balaban J connectivity index is 1.75. The fourth-order valence-electron chi connectivity index (χ4n) is 6.26. The van der Waals surface area contributed by atoms with Crippen molar-refractivity contribution in [2.45, 2.75) is 72.4 Å². The van der Waals surface area contributed by atoms with Gasteiger partial charge in [-0.2, -0.15) is 0 Å². The summed E-state index contributed by atoms with van der Waals surface area (Å²) in [6, 6.07) is 3.46. The first-order valence-corrected chi connectivity index (χ1v) is 11.9. The van der Waals surface area contributed by atoms with E-state index in [4.69, 9.17) is 0 Å². The van der Waals surface area contributed by atoms with Crippen LogP contribution in [0, 0.1) is 29.1 Å². The molecule has 1 aromatic rings. The van der Waals surface area contributed by atoms with Gasteiger partial charge in [0.2, 0.25) is 5.91 Å². The molecule has 0 spiro atoms. The molecule has 0 aromatic carbocycles. The summed E-state index contributed by atoms with van der Waals surface area (Å²) >= 11 is 0. The first kappa shape index (κ1) is 23.7. The summed E-state index contributed by atoms with van der Waals surface area (Å²) in [6.07, 6.45) is 6.50. The first-order valence-electron chi connectivity index (χ1n) is 11.9. The van der Waals surface area contributed by atoms with E-state index < -0.39 is 6.10 Å². The number of aliphatic hydroxyl groups excluding tert-OH is 1. The molecule has 172 valence electrons. The number of amides is 2. The third-order valence-electron chi connectivity index (χ3n) is 8.25. The fraction of sp³-hybridized carbons (Fsp3) is 0.720. The number of carbonyl (C=O) groups excluding carboxylic acids is 2. The number of pyridine rings is 1. The van der Waals surface area contributed by atoms with Gasteiger partial charge in [-0.15, -0.1) is 0 Å². The van der Waals surface area contributed by atoms with Gasteiger partial charge in [-0.25, -0.2) is 0 Å². The largest absolute Gasteiger partial charge is 0.392 e. The van der Waals surface area contributed by atoms with Crippen LogP contribution in [0.3, 0.4) is 0 Å². The van der Waals surface area contributed by atoms with Crippen molar-refractivity contribution in [2.24, 2.45) is 29.1 Å². The molecule has 2 fully saturated rings. The highest BCUT2D eigenvalue weighted by Gasteiger charge is 2.54. The van der Waals surface area contributed by atoms with Crippen LogP contribution in [0.15, 0.2) is 24.5 Å². The molecule has 0 saturated heterocycles. The minimum absolute atomic E-state index is 0.0148. The molecule has 7 atom stereocenters. The van der Waals surface area contributed by atoms with Gasteiger partial charge in [-0.3, -0.25) is 14.6 Å². The van der Waals surface area contributed by atoms with Crippen LogP contribution in [-0.4, -0.2) is 52.0 Å². The number of aliphatic hydroxyl groups is 1. The number of rotatable bonds is 6. The van der Waals surface area contributed by atoms with E-state index in [1.165, 1.54) is 0 Å². The summed E-state index contributed by atoms with van der Waals surface area (Å²) in [6.45, 7) is 11.8. The van der Waals surface area contributed by atoms with E-state index in [-0.39, 0.29) is 46.9 Å².